The maximum Gasteiger partial charge on any atom is 0.227 e. The molecule has 1 aromatic carbocycles. The molecule has 1 amide bonds. The molecular formula is C17H26N2O3. The van der Waals surface area contributed by atoms with Crippen molar-refractivity contribution in [2.45, 2.75) is 26.4 Å². The van der Waals surface area contributed by atoms with Gasteiger partial charge in [-0.3, -0.25) is 9.69 Å². The van der Waals surface area contributed by atoms with Crippen molar-refractivity contribution >= 4 is 5.91 Å². The Labute approximate surface area is 132 Å². The van der Waals surface area contributed by atoms with Crippen molar-refractivity contribution in [1.29, 1.82) is 0 Å². The maximum atomic E-state index is 12.5. The zero-order valence-corrected chi connectivity index (χ0v) is 13.5. The largest absolute Gasteiger partial charge is 0.395 e. The summed E-state index contributed by atoms with van der Waals surface area (Å²) in [6.07, 6.45) is -0.183. The van der Waals surface area contributed by atoms with E-state index in [2.05, 4.69) is 6.07 Å². The predicted molar refractivity (Wildman–Crippen MR) is 85.7 cm³/mol. The van der Waals surface area contributed by atoms with Crippen LogP contribution in [0.1, 0.15) is 16.7 Å². The Kier molecular flexibility index (Phi) is 5.94. The van der Waals surface area contributed by atoms with Gasteiger partial charge in [0.05, 0.1) is 19.1 Å². The molecule has 0 radical (unpaired) electrons. The Balaban J connectivity index is 2.01. The SMILES string of the molecule is Cc1ccc(C)c(CC(=O)N2CCN(CCO)C[C@@H](O)C2)c1. The van der Waals surface area contributed by atoms with E-state index < -0.39 is 6.10 Å². The highest BCUT2D eigenvalue weighted by molar-refractivity contribution is 5.79. The lowest BCUT2D eigenvalue weighted by Crippen LogP contribution is -2.38. The fourth-order valence-corrected chi connectivity index (χ4v) is 2.89. The van der Waals surface area contributed by atoms with Gasteiger partial charge in [-0.15, -0.1) is 0 Å². The minimum absolute atomic E-state index is 0.0543. The summed E-state index contributed by atoms with van der Waals surface area (Å²) >= 11 is 0. The summed E-state index contributed by atoms with van der Waals surface area (Å²) in [5.74, 6) is 0.0543. The highest BCUT2D eigenvalue weighted by atomic mass is 16.3. The lowest BCUT2D eigenvalue weighted by atomic mass is 10.0. The summed E-state index contributed by atoms with van der Waals surface area (Å²) in [5.41, 5.74) is 3.32. The van der Waals surface area contributed by atoms with Crippen LogP contribution in [0.15, 0.2) is 18.2 Å². The molecule has 0 bridgehead atoms. The molecule has 1 aliphatic rings. The van der Waals surface area contributed by atoms with E-state index >= 15 is 0 Å². The summed E-state index contributed by atoms with van der Waals surface area (Å²) < 4.78 is 0. The molecule has 5 heteroatoms. The number of hydrogen-bond acceptors (Lipinski definition) is 4. The van der Waals surface area contributed by atoms with E-state index in [1.165, 1.54) is 0 Å². The molecule has 1 aliphatic heterocycles. The number of β-amino-alcohol motifs (C(OH)–C–C–N with tert-alkyl or cyclic N) is 2. The monoisotopic (exact) mass is 306 g/mol. The number of carbonyl (C=O) groups is 1. The van der Waals surface area contributed by atoms with Crippen molar-refractivity contribution in [1.82, 2.24) is 9.80 Å². The molecular weight excluding hydrogens is 280 g/mol. The van der Waals surface area contributed by atoms with Gasteiger partial charge in [0.15, 0.2) is 0 Å². The van der Waals surface area contributed by atoms with E-state index in [0.717, 1.165) is 16.7 Å². The van der Waals surface area contributed by atoms with Gasteiger partial charge in [0.2, 0.25) is 5.91 Å². The number of hydrogen-bond donors (Lipinski definition) is 2. The minimum atomic E-state index is -0.559. The topological polar surface area (TPSA) is 64.0 Å². The van der Waals surface area contributed by atoms with Crippen LogP contribution in [-0.4, -0.2) is 71.4 Å². The van der Waals surface area contributed by atoms with Crippen LogP contribution in [0.4, 0.5) is 0 Å². The molecule has 0 aliphatic carbocycles. The van der Waals surface area contributed by atoms with Crippen LogP contribution in [0.3, 0.4) is 0 Å². The van der Waals surface area contributed by atoms with Gasteiger partial charge in [0.25, 0.3) is 0 Å². The molecule has 2 N–H and O–H groups in total. The molecule has 1 atom stereocenters. The fourth-order valence-electron chi connectivity index (χ4n) is 2.89. The van der Waals surface area contributed by atoms with E-state index in [1.807, 2.05) is 30.9 Å². The van der Waals surface area contributed by atoms with Gasteiger partial charge in [-0.1, -0.05) is 23.8 Å². The van der Waals surface area contributed by atoms with Crippen molar-refractivity contribution in [3.63, 3.8) is 0 Å². The van der Waals surface area contributed by atoms with Gasteiger partial charge in [0.1, 0.15) is 0 Å². The first-order chi connectivity index (χ1) is 10.5. The van der Waals surface area contributed by atoms with E-state index in [4.69, 9.17) is 5.11 Å². The van der Waals surface area contributed by atoms with Gasteiger partial charge in [-0.05, 0) is 25.0 Å². The smallest absolute Gasteiger partial charge is 0.227 e. The lowest BCUT2D eigenvalue weighted by molar-refractivity contribution is -0.131. The van der Waals surface area contributed by atoms with Crippen LogP contribution in [-0.2, 0) is 11.2 Å². The Bertz CT molecular complexity index is 519. The standard InChI is InChI=1S/C17H26N2O3/c1-13-3-4-14(2)15(9-13)10-17(22)19-6-5-18(7-8-20)11-16(21)12-19/h3-4,9,16,20-21H,5-8,10-12H2,1-2H3/t16-/m1/s1. The molecule has 0 aromatic heterocycles. The molecule has 122 valence electrons. The first-order valence-corrected chi connectivity index (χ1v) is 7.84. The molecule has 22 heavy (non-hydrogen) atoms. The Morgan fingerprint density at radius 3 is 2.77 bits per heavy atom. The maximum absolute atomic E-state index is 12.5. The number of benzene rings is 1. The average Bonchev–Trinajstić information content (AvgIpc) is 2.65. The van der Waals surface area contributed by atoms with Crippen LogP contribution < -0.4 is 0 Å². The first kappa shape index (κ1) is 16.9. The number of nitrogens with zero attached hydrogens (tertiary/aromatic N) is 2. The third-order valence-corrected chi connectivity index (χ3v) is 4.20. The van der Waals surface area contributed by atoms with Crippen molar-refractivity contribution < 1.29 is 15.0 Å². The molecule has 0 unspecified atom stereocenters. The molecule has 0 saturated carbocycles. The summed E-state index contributed by atoms with van der Waals surface area (Å²) in [4.78, 5) is 16.3. The average molecular weight is 306 g/mol. The van der Waals surface area contributed by atoms with E-state index in [1.54, 1.807) is 4.90 Å². The molecule has 2 rings (SSSR count). The number of aliphatic hydroxyl groups is 2. The second kappa shape index (κ2) is 7.72. The first-order valence-electron chi connectivity index (χ1n) is 7.84. The van der Waals surface area contributed by atoms with Gasteiger partial charge in [-0.25, -0.2) is 0 Å². The van der Waals surface area contributed by atoms with Crippen molar-refractivity contribution in [2.24, 2.45) is 0 Å². The van der Waals surface area contributed by atoms with Crippen molar-refractivity contribution in [3.05, 3.63) is 34.9 Å². The predicted octanol–water partition coefficient (Wildman–Crippen LogP) is 0.343. The Hall–Kier alpha value is -1.43. The third kappa shape index (κ3) is 4.53. The van der Waals surface area contributed by atoms with E-state index in [0.29, 0.717) is 39.1 Å². The van der Waals surface area contributed by atoms with Gasteiger partial charge in [-0.2, -0.15) is 0 Å². The number of carbonyl (C=O) groups excluding carboxylic acids is 1. The van der Waals surface area contributed by atoms with Crippen LogP contribution in [0.25, 0.3) is 0 Å². The molecule has 0 spiro atoms. The van der Waals surface area contributed by atoms with Crippen LogP contribution >= 0.6 is 0 Å². The molecule has 1 aromatic rings. The normalized spacial score (nSPS) is 20.0. The minimum Gasteiger partial charge on any atom is -0.395 e. The quantitative estimate of drug-likeness (QED) is 0.842. The van der Waals surface area contributed by atoms with Crippen molar-refractivity contribution in [2.75, 3.05) is 39.3 Å². The number of rotatable bonds is 4. The van der Waals surface area contributed by atoms with Crippen LogP contribution in [0.5, 0.6) is 0 Å². The third-order valence-electron chi connectivity index (χ3n) is 4.20. The highest BCUT2D eigenvalue weighted by Crippen LogP contribution is 2.13. The molecule has 1 heterocycles. The molecule has 1 saturated heterocycles. The molecule has 5 nitrogen and oxygen atoms in total. The van der Waals surface area contributed by atoms with Crippen LogP contribution in [0.2, 0.25) is 0 Å². The Morgan fingerprint density at radius 1 is 1.27 bits per heavy atom. The zero-order valence-electron chi connectivity index (χ0n) is 13.5. The zero-order chi connectivity index (χ0) is 16.1. The number of aliphatic hydroxyl groups excluding tert-OH is 2. The van der Waals surface area contributed by atoms with Gasteiger partial charge < -0.3 is 15.1 Å². The lowest BCUT2D eigenvalue weighted by Gasteiger charge is -2.22. The number of aryl methyl sites for hydroxylation is 2. The highest BCUT2D eigenvalue weighted by Gasteiger charge is 2.24. The van der Waals surface area contributed by atoms with E-state index in [-0.39, 0.29) is 12.5 Å². The van der Waals surface area contributed by atoms with E-state index in [9.17, 15) is 9.90 Å². The second-order valence-corrected chi connectivity index (χ2v) is 6.12. The van der Waals surface area contributed by atoms with Crippen LogP contribution in [0, 0.1) is 13.8 Å². The van der Waals surface area contributed by atoms with Gasteiger partial charge >= 0.3 is 0 Å². The number of amides is 1. The fraction of sp³-hybridized carbons (Fsp3) is 0.588. The molecule has 1 fully saturated rings. The summed E-state index contributed by atoms with van der Waals surface area (Å²) in [6, 6.07) is 6.14. The summed E-state index contributed by atoms with van der Waals surface area (Å²) in [5, 5.41) is 19.1. The summed E-state index contributed by atoms with van der Waals surface area (Å²) in [6.45, 7) is 6.81. The van der Waals surface area contributed by atoms with Crippen molar-refractivity contribution in [3.8, 4) is 0 Å². The summed E-state index contributed by atoms with van der Waals surface area (Å²) in [7, 11) is 0. The second-order valence-electron chi connectivity index (χ2n) is 6.12. The van der Waals surface area contributed by atoms with Gasteiger partial charge in [0, 0.05) is 32.7 Å². The Morgan fingerprint density at radius 2 is 2.05 bits per heavy atom.